The van der Waals surface area contributed by atoms with E-state index in [-0.39, 0.29) is 13.0 Å². The van der Waals surface area contributed by atoms with E-state index in [0.29, 0.717) is 16.3 Å². The molecule has 0 fully saturated rings. The van der Waals surface area contributed by atoms with E-state index >= 15 is 0 Å². The first-order valence-electron chi connectivity index (χ1n) is 4.24. The van der Waals surface area contributed by atoms with Crippen LogP contribution in [-0.4, -0.2) is 12.5 Å². The summed E-state index contributed by atoms with van der Waals surface area (Å²) in [6, 6.07) is 6.65. The lowest BCUT2D eigenvalue weighted by atomic mass is 10.2. The maximum absolute atomic E-state index is 10.5. The molecule has 0 bridgehead atoms. The molecule has 0 saturated carbocycles. The van der Waals surface area contributed by atoms with Gasteiger partial charge in [-0.1, -0.05) is 11.6 Å². The molecule has 0 atom stereocenters. The minimum absolute atomic E-state index is 0.109. The van der Waals surface area contributed by atoms with Gasteiger partial charge in [-0.25, -0.2) is 0 Å². The number of hydrogen-bond donors (Lipinski definition) is 1. The molecular weight excluding hydrogens is 216 g/mol. The Morgan fingerprint density at radius 2 is 2.33 bits per heavy atom. The first-order valence-corrected chi connectivity index (χ1v) is 4.62. The van der Waals surface area contributed by atoms with Gasteiger partial charge in [0.15, 0.2) is 0 Å². The van der Waals surface area contributed by atoms with Crippen molar-refractivity contribution in [3.8, 4) is 11.8 Å². The molecule has 1 amide bonds. The minimum atomic E-state index is -0.449. The summed E-state index contributed by atoms with van der Waals surface area (Å²) in [4.78, 5) is 10.5. The van der Waals surface area contributed by atoms with Crippen molar-refractivity contribution in [1.82, 2.24) is 0 Å². The second-order valence-corrected chi connectivity index (χ2v) is 3.25. The van der Waals surface area contributed by atoms with Gasteiger partial charge >= 0.3 is 0 Å². The molecule has 0 aliphatic rings. The zero-order valence-electron chi connectivity index (χ0n) is 7.87. The van der Waals surface area contributed by atoms with E-state index in [1.54, 1.807) is 12.1 Å². The number of nitrogens with zero attached hydrogens (tertiary/aromatic N) is 1. The molecule has 0 aliphatic heterocycles. The molecule has 4 nitrogen and oxygen atoms in total. The molecule has 0 aliphatic carbocycles. The molecule has 15 heavy (non-hydrogen) atoms. The highest BCUT2D eigenvalue weighted by atomic mass is 35.5. The Bertz CT molecular complexity index is 412. The van der Waals surface area contributed by atoms with Crippen LogP contribution in [0.5, 0.6) is 5.75 Å². The number of benzene rings is 1. The highest BCUT2D eigenvalue weighted by Gasteiger charge is 2.04. The van der Waals surface area contributed by atoms with E-state index in [9.17, 15) is 4.79 Å². The summed E-state index contributed by atoms with van der Waals surface area (Å²) in [7, 11) is 0. The van der Waals surface area contributed by atoms with Gasteiger partial charge in [-0.15, -0.1) is 0 Å². The summed E-state index contributed by atoms with van der Waals surface area (Å²) in [5, 5.41) is 9.23. The normalized spacial score (nSPS) is 9.33. The topological polar surface area (TPSA) is 76.1 Å². The van der Waals surface area contributed by atoms with E-state index in [2.05, 4.69) is 0 Å². The Kier molecular flexibility index (Phi) is 3.95. The molecule has 0 aromatic heterocycles. The van der Waals surface area contributed by atoms with Gasteiger partial charge in [0.05, 0.1) is 18.6 Å². The van der Waals surface area contributed by atoms with E-state index in [4.69, 9.17) is 27.3 Å². The average Bonchev–Trinajstić information content (AvgIpc) is 2.17. The van der Waals surface area contributed by atoms with Crippen molar-refractivity contribution in [2.45, 2.75) is 6.42 Å². The molecule has 0 saturated heterocycles. The van der Waals surface area contributed by atoms with Gasteiger partial charge in [-0.2, -0.15) is 5.26 Å². The summed E-state index contributed by atoms with van der Waals surface area (Å²) in [6.07, 6.45) is 0.109. The third-order valence-corrected chi connectivity index (χ3v) is 1.91. The Balaban J connectivity index is 2.71. The Morgan fingerprint density at radius 1 is 1.60 bits per heavy atom. The fourth-order valence-electron chi connectivity index (χ4n) is 0.970. The van der Waals surface area contributed by atoms with E-state index in [1.165, 1.54) is 6.07 Å². The van der Waals surface area contributed by atoms with Crippen LogP contribution in [0.3, 0.4) is 0 Å². The van der Waals surface area contributed by atoms with Crippen LogP contribution in [0, 0.1) is 11.3 Å². The molecule has 5 heteroatoms. The number of hydrogen-bond acceptors (Lipinski definition) is 3. The Hall–Kier alpha value is -1.73. The monoisotopic (exact) mass is 224 g/mol. The molecular formula is C10H9ClN2O2. The maximum atomic E-state index is 10.5. The molecule has 1 rings (SSSR count). The van der Waals surface area contributed by atoms with Crippen LogP contribution in [0.15, 0.2) is 18.2 Å². The fraction of sp³-hybridized carbons (Fsp3) is 0.200. The number of ether oxygens (including phenoxy) is 1. The number of primary amides is 1. The predicted octanol–water partition coefficient (Wildman–Crippen LogP) is 1.47. The third kappa shape index (κ3) is 3.49. The molecule has 1 aromatic carbocycles. The Labute approximate surface area is 92.2 Å². The average molecular weight is 225 g/mol. The van der Waals surface area contributed by atoms with Gasteiger partial charge in [0.25, 0.3) is 0 Å². The minimum Gasteiger partial charge on any atom is -0.492 e. The van der Waals surface area contributed by atoms with Gasteiger partial charge in [0, 0.05) is 11.1 Å². The lowest BCUT2D eigenvalue weighted by Crippen LogP contribution is -2.14. The van der Waals surface area contributed by atoms with Gasteiger partial charge in [-0.05, 0) is 12.1 Å². The van der Waals surface area contributed by atoms with E-state index in [1.807, 2.05) is 6.07 Å². The summed E-state index contributed by atoms with van der Waals surface area (Å²) in [5.41, 5.74) is 5.33. The molecule has 1 aromatic rings. The van der Waals surface area contributed by atoms with Crippen molar-refractivity contribution >= 4 is 17.5 Å². The number of amides is 1. The number of rotatable bonds is 4. The van der Waals surface area contributed by atoms with Crippen molar-refractivity contribution < 1.29 is 9.53 Å². The van der Waals surface area contributed by atoms with Crippen molar-refractivity contribution in [2.75, 3.05) is 6.61 Å². The van der Waals surface area contributed by atoms with Gasteiger partial charge in [-0.3, -0.25) is 4.79 Å². The van der Waals surface area contributed by atoms with Gasteiger partial charge in [0.2, 0.25) is 5.91 Å². The molecule has 0 radical (unpaired) electrons. The van der Waals surface area contributed by atoms with Crippen LogP contribution >= 0.6 is 11.6 Å². The summed E-state index contributed by atoms with van der Waals surface area (Å²) in [5.74, 6) is -0.0817. The van der Waals surface area contributed by atoms with Crippen LogP contribution in [0.25, 0.3) is 0 Å². The van der Waals surface area contributed by atoms with E-state index in [0.717, 1.165) is 0 Å². The third-order valence-electron chi connectivity index (χ3n) is 1.67. The summed E-state index contributed by atoms with van der Waals surface area (Å²) < 4.78 is 5.21. The summed E-state index contributed by atoms with van der Waals surface area (Å²) in [6.45, 7) is 0.143. The highest BCUT2D eigenvalue weighted by Crippen LogP contribution is 2.22. The molecule has 0 unspecified atom stereocenters. The van der Waals surface area contributed by atoms with Crippen molar-refractivity contribution in [3.63, 3.8) is 0 Å². The highest BCUT2D eigenvalue weighted by molar-refractivity contribution is 6.30. The van der Waals surface area contributed by atoms with Crippen molar-refractivity contribution in [3.05, 3.63) is 28.8 Å². The smallest absolute Gasteiger partial charge is 0.220 e. The van der Waals surface area contributed by atoms with Crippen LogP contribution in [-0.2, 0) is 4.79 Å². The van der Waals surface area contributed by atoms with Gasteiger partial charge < -0.3 is 10.5 Å². The van der Waals surface area contributed by atoms with Crippen molar-refractivity contribution in [2.24, 2.45) is 5.73 Å². The van der Waals surface area contributed by atoms with Crippen LogP contribution in [0.4, 0.5) is 0 Å². The lowest BCUT2D eigenvalue weighted by molar-refractivity contribution is -0.118. The SMILES string of the molecule is N#Cc1ccc(Cl)cc1OCCC(N)=O. The van der Waals surface area contributed by atoms with Crippen LogP contribution in [0.1, 0.15) is 12.0 Å². The number of carbonyl (C=O) groups is 1. The fourth-order valence-corrected chi connectivity index (χ4v) is 1.13. The first-order chi connectivity index (χ1) is 7.13. The van der Waals surface area contributed by atoms with Crippen LogP contribution < -0.4 is 10.5 Å². The number of nitrogens with two attached hydrogens (primary N) is 1. The quantitative estimate of drug-likeness (QED) is 0.841. The zero-order valence-corrected chi connectivity index (χ0v) is 8.62. The van der Waals surface area contributed by atoms with E-state index < -0.39 is 5.91 Å². The molecule has 0 heterocycles. The second kappa shape index (κ2) is 5.23. The number of nitriles is 1. The lowest BCUT2D eigenvalue weighted by Gasteiger charge is -2.06. The maximum Gasteiger partial charge on any atom is 0.220 e. The number of halogens is 1. The molecule has 78 valence electrons. The number of carbonyl (C=O) groups excluding carboxylic acids is 1. The zero-order chi connectivity index (χ0) is 11.3. The molecule has 0 spiro atoms. The largest absolute Gasteiger partial charge is 0.492 e. The standard InChI is InChI=1S/C10H9ClN2O2/c11-8-2-1-7(6-12)9(5-8)15-4-3-10(13)14/h1-2,5H,3-4H2,(H2,13,14). The van der Waals surface area contributed by atoms with Gasteiger partial charge in [0.1, 0.15) is 11.8 Å². The van der Waals surface area contributed by atoms with Crippen molar-refractivity contribution in [1.29, 1.82) is 5.26 Å². The first kappa shape index (κ1) is 11.3. The van der Waals surface area contributed by atoms with Crippen LogP contribution in [0.2, 0.25) is 5.02 Å². The summed E-state index contributed by atoms with van der Waals surface area (Å²) >= 11 is 5.73. The molecule has 2 N–H and O–H groups in total. The second-order valence-electron chi connectivity index (χ2n) is 2.82. The Morgan fingerprint density at radius 3 is 2.93 bits per heavy atom. The predicted molar refractivity (Wildman–Crippen MR) is 55.5 cm³/mol.